The number of ether oxygens (including phenoxy) is 3. The van der Waals surface area contributed by atoms with Crippen molar-refractivity contribution in [1.82, 2.24) is 0 Å². The molecule has 3 nitrogen and oxygen atoms in total. The first-order valence-electron chi connectivity index (χ1n) is 12.3. The summed E-state index contributed by atoms with van der Waals surface area (Å²) < 4.78 is 18.8. The van der Waals surface area contributed by atoms with Gasteiger partial charge in [0.25, 0.3) is 0 Å². The van der Waals surface area contributed by atoms with E-state index in [1.165, 1.54) is 39.8 Å². The Morgan fingerprint density at radius 2 is 1.65 bits per heavy atom. The zero-order chi connectivity index (χ0) is 23.2. The van der Waals surface area contributed by atoms with Crippen LogP contribution in [0.4, 0.5) is 0 Å². The summed E-state index contributed by atoms with van der Waals surface area (Å²) in [5, 5.41) is 0. The summed E-state index contributed by atoms with van der Waals surface area (Å²) in [6.45, 7) is 1.52. The molecule has 34 heavy (non-hydrogen) atoms. The summed E-state index contributed by atoms with van der Waals surface area (Å²) in [6, 6.07) is 26.0. The number of hydrogen-bond donors (Lipinski definition) is 0. The van der Waals surface area contributed by atoms with Gasteiger partial charge in [0.15, 0.2) is 6.29 Å². The Hall–Kier alpha value is -2.31. The first-order chi connectivity index (χ1) is 16.8. The van der Waals surface area contributed by atoms with Crippen molar-refractivity contribution >= 4 is 33.7 Å². The van der Waals surface area contributed by atoms with E-state index in [0.29, 0.717) is 0 Å². The molecule has 3 aromatic rings. The van der Waals surface area contributed by atoms with Gasteiger partial charge in [-0.3, -0.25) is 0 Å². The van der Waals surface area contributed by atoms with Crippen LogP contribution in [0.2, 0.25) is 0 Å². The molecule has 0 spiro atoms. The highest BCUT2D eigenvalue weighted by molar-refractivity contribution is 14.1. The third-order valence-electron chi connectivity index (χ3n) is 6.54. The summed E-state index contributed by atoms with van der Waals surface area (Å²) in [5.41, 5.74) is 7.90. The molecule has 1 aliphatic heterocycles. The third-order valence-corrected chi connectivity index (χ3v) is 6.98. The van der Waals surface area contributed by atoms with Crippen LogP contribution in [0.5, 0.6) is 11.5 Å². The van der Waals surface area contributed by atoms with Crippen molar-refractivity contribution in [3.8, 4) is 11.5 Å². The lowest BCUT2D eigenvalue weighted by Crippen LogP contribution is -2.25. The van der Waals surface area contributed by atoms with Crippen molar-refractivity contribution in [2.24, 2.45) is 0 Å². The Kier molecular flexibility index (Phi) is 7.86. The molecular weight excluding hydrogens is 535 g/mol. The van der Waals surface area contributed by atoms with Crippen LogP contribution in [0.25, 0.3) is 11.1 Å². The fourth-order valence-electron chi connectivity index (χ4n) is 4.93. The Labute approximate surface area is 216 Å². The maximum Gasteiger partial charge on any atom is 0.199 e. The van der Waals surface area contributed by atoms with Gasteiger partial charge in [-0.05, 0) is 89.8 Å². The highest BCUT2D eigenvalue weighted by Gasteiger charge is 2.22. The van der Waals surface area contributed by atoms with Crippen LogP contribution >= 0.6 is 22.6 Å². The maximum absolute atomic E-state index is 6.21. The molecule has 2 aliphatic rings. The molecule has 1 heterocycles. The average molecular weight is 566 g/mol. The molecule has 4 heteroatoms. The Bertz CT molecular complexity index is 1120. The van der Waals surface area contributed by atoms with E-state index < -0.39 is 0 Å². The Morgan fingerprint density at radius 1 is 0.824 bits per heavy atom. The lowest BCUT2D eigenvalue weighted by atomic mass is 9.88. The molecule has 176 valence electrons. The van der Waals surface area contributed by atoms with Crippen LogP contribution < -0.4 is 9.47 Å². The molecule has 3 aromatic carbocycles. The predicted octanol–water partition coefficient (Wildman–Crippen LogP) is 7.70. The van der Waals surface area contributed by atoms with Crippen LogP contribution in [-0.2, 0) is 11.2 Å². The number of fused-ring (bicyclic) bond motifs is 1. The summed E-state index contributed by atoms with van der Waals surface area (Å²) >= 11 is 2.34. The zero-order valence-corrected chi connectivity index (χ0v) is 21.6. The minimum atomic E-state index is -0.123. The van der Waals surface area contributed by atoms with Gasteiger partial charge >= 0.3 is 0 Å². The third kappa shape index (κ3) is 5.49. The predicted molar refractivity (Wildman–Crippen MR) is 147 cm³/mol. The molecule has 0 bridgehead atoms. The average Bonchev–Trinajstić information content (AvgIpc) is 3.08. The number of rotatable bonds is 7. The van der Waals surface area contributed by atoms with Crippen LogP contribution in [0, 0.1) is 0 Å². The summed E-state index contributed by atoms with van der Waals surface area (Å²) in [5.74, 6) is 1.84. The SMILES string of the molecule is ICCOc1ccc(C2=C(c3ccccc3)CCCc3cc(OC4CCCCO4)ccc32)cc1. The fraction of sp³-hybridized carbons (Fsp3) is 0.333. The number of hydrogen-bond acceptors (Lipinski definition) is 3. The van der Waals surface area contributed by atoms with Crippen molar-refractivity contribution in [2.45, 2.75) is 44.8 Å². The number of alkyl halides is 1. The second-order valence-electron chi connectivity index (χ2n) is 8.87. The van der Waals surface area contributed by atoms with Crippen molar-refractivity contribution < 1.29 is 14.2 Å². The van der Waals surface area contributed by atoms with Gasteiger partial charge in [0.05, 0.1) is 13.2 Å². The smallest absolute Gasteiger partial charge is 0.199 e. The quantitative estimate of drug-likeness (QED) is 0.217. The van der Waals surface area contributed by atoms with Gasteiger partial charge in [-0.25, -0.2) is 0 Å². The molecule has 0 radical (unpaired) electrons. The summed E-state index contributed by atoms with van der Waals surface area (Å²) in [6.07, 6.45) is 6.33. The van der Waals surface area contributed by atoms with Crippen molar-refractivity contribution in [3.63, 3.8) is 0 Å². The molecule has 1 atom stereocenters. The topological polar surface area (TPSA) is 27.7 Å². The van der Waals surface area contributed by atoms with Gasteiger partial charge in [-0.15, -0.1) is 0 Å². The minimum absolute atomic E-state index is 0.123. The summed E-state index contributed by atoms with van der Waals surface area (Å²) in [4.78, 5) is 0. The molecular formula is C30H31IO3. The minimum Gasteiger partial charge on any atom is -0.493 e. The first-order valence-corrected chi connectivity index (χ1v) is 13.8. The van der Waals surface area contributed by atoms with Gasteiger partial charge < -0.3 is 14.2 Å². The number of aryl methyl sites for hydroxylation is 1. The highest BCUT2D eigenvalue weighted by Crippen LogP contribution is 2.41. The lowest BCUT2D eigenvalue weighted by Gasteiger charge is -2.24. The first kappa shape index (κ1) is 23.4. The van der Waals surface area contributed by atoms with Gasteiger partial charge in [0.2, 0.25) is 0 Å². The van der Waals surface area contributed by atoms with Crippen LogP contribution in [0.15, 0.2) is 72.8 Å². The number of halogens is 1. The van der Waals surface area contributed by atoms with Crippen molar-refractivity contribution in [1.29, 1.82) is 0 Å². The normalized spacial score (nSPS) is 18.2. The van der Waals surface area contributed by atoms with Crippen molar-refractivity contribution in [2.75, 3.05) is 17.6 Å². The molecule has 5 rings (SSSR count). The lowest BCUT2D eigenvalue weighted by molar-refractivity contribution is -0.105. The zero-order valence-electron chi connectivity index (χ0n) is 19.5. The van der Waals surface area contributed by atoms with E-state index in [-0.39, 0.29) is 6.29 Å². The van der Waals surface area contributed by atoms with Gasteiger partial charge in [-0.1, -0.05) is 71.1 Å². The van der Waals surface area contributed by atoms with E-state index in [9.17, 15) is 0 Å². The van der Waals surface area contributed by atoms with E-state index >= 15 is 0 Å². The van der Waals surface area contributed by atoms with Crippen LogP contribution in [-0.4, -0.2) is 23.9 Å². The fourth-order valence-corrected chi connectivity index (χ4v) is 5.15. The van der Waals surface area contributed by atoms with Gasteiger partial charge in [0, 0.05) is 10.8 Å². The van der Waals surface area contributed by atoms with Crippen LogP contribution in [0.3, 0.4) is 0 Å². The van der Waals surface area contributed by atoms with E-state index in [1.807, 2.05) is 0 Å². The second kappa shape index (κ2) is 11.4. The van der Waals surface area contributed by atoms with E-state index in [1.54, 1.807) is 0 Å². The number of benzene rings is 3. The maximum atomic E-state index is 6.21. The monoisotopic (exact) mass is 566 g/mol. The highest BCUT2D eigenvalue weighted by atomic mass is 127. The van der Waals surface area contributed by atoms with E-state index in [2.05, 4.69) is 95.4 Å². The molecule has 0 amide bonds. The number of allylic oxidation sites excluding steroid dienone is 1. The second-order valence-corrected chi connectivity index (χ2v) is 9.95. The van der Waals surface area contributed by atoms with E-state index in [4.69, 9.17) is 14.2 Å². The molecule has 1 fully saturated rings. The largest absolute Gasteiger partial charge is 0.493 e. The van der Waals surface area contributed by atoms with Gasteiger partial charge in [0.1, 0.15) is 11.5 Å². The molecule has 0 N–H and O–H groups in total. The van der Waals surface area contributed by atoms with Gasteiger partial charge in [-0.2, -0.15) is 0 Å². The van der Waals surface area contributed by atoms with Crippen LogP contribution in [0.1, 0.15) is 54.4 Å². The Balaban J connectivity index is 1.55. The van der Waals surface area contributed by atoms with Crippen molar-refractivity contribution in [3.05, 3.63) is 95.1 Å². The molecule has 0 saturated carbocycles. The molecule has 0 aromatic heterocycles. The molecule has 1 aliphatic carbocycles. The molecule has 1 unspecified atom stereocenters. The summed E-state index contributed by atoms with van der Waals surface area (Å²) in [7, 11) is 0. The standard InChI is InChI=1S/C30H31IO3/c31-18-20-32-25-14-12-23(13-15-25)30-27(22-7-2-1-3-8-22)10-6-9-24-21-26(16-17-28(24)30)34-29-11-4-5-19-33-29/h1-3,7-8,12-17,21,29H,4-6,9-11,18-20H2. The van der Waals surface area contributed by atoms with E-state index in [0.717, 1.165) is 61.2 Å². The Morgan fingerprint density at radius 3 is 2.41 bits per heavy atom. The molecule has 1 saturated heterocycles.